The second-order valence-corrected chi connectivity index (χ2v) is 6.58. The Morgan fingerprint density at radius 3 is 2.93 bits per heavy atom. The monoisotopic (exact) mass is 396 g/mol. The number of benzene rings is 1. The molecular weight excluding hydrogens is 383 g/mol. The molecule has 0 spiro atoms. The van der Waals surface area contributed by atoms with Gasteiger partial charge in [-0.2, -0.15) is 10.2 Å². The van der Waals surface area contributed by atoms with Gasteiger partial charge in [0.1, 0.15) is 5.82 Å². The lowest BCUT2D eigenvalue weighted by Gasteiger charge is -2.04. The Kier molecular flexibility index (Phi) is 4.90. The predicted molar refractivity (Wildman–Crippen MR) is 97.4 cm³/mol. The molecule has 0 aliphatic carbocycles. The molecule has 10 heteroatoms. The van der Waals surface area contributed by atoms with Gasteiger partial charge < -0.3 is 8.94 Å². The van der Waals surface area contributed by atoms with Crippen LogP contribution in [0.3, 0.4) is 0 Å². The largest absolute Gasteiger partial charge is 0.461 e. The summed E-state index contributed by atoms with van der Waals surface area (Å²) in [5.41, 5.74) is 0.409. The van der Waals surface area contributed by atoms with Crippen molar-refractivity contribution in [2.45, 2.75) is 24.4 Å². The zero-order valence-electron chi connectivity index (χ0n) is 14.7. The quantitative estimate of drug-likeness (QED) is 0.452. The van der Waals surface area contributed by atoms with E-state index in [2.05, 4.69) is 20.3 Å². The molecule has 0 aliphatic rings. The second-order valence-electron chi connectivity index (χ2n) is 5.64. The summed E-state index contributed by atoms with van der Waals surface area (Å²) in [6.45, 7) is 2.65. The first-order valence-corrected chi connectivity index (χ1v) is 9.30. The molecule has 4 rings (SSSR count). The Morgan fingerprint density at radius 1 is 1.29 bits per heavy atom. The van der Waals surface area contributed by atoms with Crippen LogP contribution in [0.15, 0.2) is 50.7 Å². The Balaban J connectivity index is 1.52. The number of hydrogen-bond donors (Lipinski definition) is 0. The van der Waals surface area contributed by atoms with Gasteiger partial charge in [0, 0.05) is 6.54 Å². The molecule has 0 bridgehead atoms. The number of aromatic nitrogens is 5. The first kappa shape index (κ1) is 17.9. The van der Waals surface area contributed by atoms with Gasteiger partial charge in [-0.05, 0) is 37.3 Å². The Hall–Kier alpha value is -3.45. The van der Waals surface area contributed by atoms with Crippen molar-refractivity contribution in [2.75, 3.05) is 0 Å². The van der Waals surface area contributed by atoms with Gasteiger partial charge in [-0.1, -0.05) is 16.9 Å². The number of nitriles is 1. The second kappa shape index (κ2) is 7.66. The van der Waals surface area contributed by atoms with E-state index in [1.165, 1.54) is 30.0 Å². The normalized spacial score (nSPS) is 10.9. The molecule has 28 heavy (non-hydrogen) atoms. The highest BCUT2D eigenvalue weighted by atomic mass is 32.2. The summed E-state index contributed by atoms with van der Waals surface area (Å²) in [7, 11) is 0. The Bertz CT molecular complexity index is 1150. The van der Waals surface area contributed by atoms with Crippen molar-refractivity contribution in [3.8, 4) is 29.1 Å². The summed E-state index contributed by atoms with van der Waals surface area (Å²) in [6.07, 6.45) is 1.58. The third-order valence-corrected chi connectivity index (χ3v) is 4.86. The molecule has 0 radical (unpaired) electrons. The maximum Gasteiger partial charge on any atom is 0.260 e. The SMILES string of the molecule is CCn1c(SCc2noc(-c3cc(C#N)ccc3F)n2)nnc1-c1ccco1. The van der Waals surface area contributed by atoms with Crippen LogP contribution in [0.1, 0.15) is 18.3 Å². The fourth-order valence-corrected chi connectivity index (χ4v) is 3.42. The fourth-order valence-electron chi connectivity index (χ4n) is 2.58. The molecule has 0 atom stereocenters. The molecule has 3 aromatic heterocycles. The van der Waals surface area contributed by atoms with Crippen LogP contribution in [-0.4, -0.2) is 24.9 Å². The van der Waals surface area contributed by atoms with Crippen molar-refractivity contribution in [1.82, 2.24) is 24.9 Å². The van der Waals surface area contributed by atoms with Gasteiger partial charge >= 0.3 is 0 Å². The van der Waals surface area contributed by atoms with Crippen LogP contribution in [0.4, 0.5) is 4.39 Å². The molecule has 0 saturated heterocycles. The van der Waals surface area contributed by atoms with E-state index >= 15 is 0 Å². The van der Waals surface area contributed by atoms with E-state index in [4.69, 9.17) is 14.2 Å². The standard InChI is InChI=1S/C18H13FN6O2S/c1-2-25-16(14-4-3-7-26-14)22-23-18(25)28-10-15-21-17(27-24-15)12-8-11(9-20)5-6-13(12)19/h3-8H,2,10H2,1H3. The molecule has 140 valence electrons. The molecule has 8 nitrogen and oxygen atoms in total. The first-order chi connectivity index (χ1) is 13.7. The van der Waals surface area contributed by atoms with Gasteiger partial charge in [0.05, 0.1) is 29.2 Å². The van der Waals surface area contributed by atoms with E-state index in [0.717, 1.165) is 0 Å². The van der Waals surface area contributed by atoms with E-state index in [0.29, 0.717) is 40.4 Å². The third kappa shape index (κ3) is 3.39. The van der Waals surface area contributed by atoms with Crippen LogP contribution in [0.2, 0.25) is 0 Å². The number of hydrogen-bond acceptors (Lipinski definition) is 8. The minimum Gasteiger partial charge on any atom is -0.461 e. The van der Waals surface area contributed by atoms with E-state index < -0.39 is 5.82 Å². The van der Waals surface area contributed by atoms with Crippen LogP contribution in [0.25, 0.3) is 23.0 Å². The van der Waals surface area contributed by atoms with Gasteiger partial charge in [0.15, 0.2) is 22.6 Å². The summed E-state index contributed by atoms with van der Waals surface area (Å²) in [4.78, 5) is 4.22. The Labute approximate surface area is 163 Å². The number of nitrogens with zero attached hydrogens (tertiary/aromatic N) is 6. The van der Waals surface area contributed by atoms with E-state index in [-0.39, 0.29) is 11.5 Å². The maximum atomic E-state index is 14.0. The summed E-state index contributed by atoms with van der Waals surface area (Å²) >= 11 is 1.38. The van der Waals surface area contributed by atoms with E-state index in [9.17, 15) is 4.39 Å². The lowest BCUT2D eigenvalue weighted by molar-refractivity contribution is 0.422. The van der Waals surface area contributed by atoms with Gasteiger partial charge in [0.25, 0.3) is 5.89 Å². The minimum absolute atomic E-state index is 0.0263. The molecule has 1 aromatic carbocycles. The van der Waals surface area contributed by atoms with E-state index in [1.807, 2.05) is 23.6 Å². The van der Waals surface area contributed by atoms with Crippen LogP contribution >= 0.6 is 11.8 Å². The molecule has 0 N–H and O–H groups in total. The van der Waals surface area contributed by atoms with Gasteiger partial charge in [-0.25, -0.2) is 4.39 Å². The van der Waals surface area contributed by atoms with Crippen molar-refractivity contribution in [1.29, 1.82) is 5.26 Å². The first-order valence-electron chi connectivity index (χ1n) is 8.32. The van der Waals surface area contributed by atoms with Crippen molar-refractivity contribution >= 4 is 11.8 Å². The zero-order valence-corrected chi connectivity index (χ0v) is 15.5. The molecule has 0 fully saturated rings. The predicted octanol–water partition coefficient (Wildman–Crippen LogP) is 3.91. The molecule has 0 aliphatic heterocycles. The Morgan fingerprint density at radius 2 is 2.18 bits per heavy atom. The molecule has 0 amide bonds. The van der Waals surface area contributed by atoms with Crippen molar-refractivity contribution in [3.63, 3.8) is 0 Å². The highest BCUT2D eigenvalue weighted by molar-refractivity contribution is 7.98. The molecule has 0 unspecified atom stereocenters. The highest BCUT2D eigenvalue weighted by Crippen LogP contribution is 2.27. The van der Waals surface area contributed by atoms with Gasteiger partial charge in [0.2, 0.25) is 0 Å². The molecule has 0 saturated carbocycles. The molecule has 4 aromatic rings. The summed E-state index contributed by atoms with van der Waals surface area (Å²) < 4.78 is 26.5. The third-order valence-electron chi connectivity index (χ3n) is 3.90. The van der Waals surface area contributed by atoms with Crippen LogP contribution < -0.4 is 0 Å². The van der Waals surface area contributed by atoms with Crippen molar-refractivity contribution < 1.29 is 13.3 Å². The van der Waals surface area contributed by atoms with Crippen LogP contribution in [0.5, 0.6) is 0 Å². The zero-order chi connectivity index (χ0) is 19.5. The van der Waals surface area contributed by atoms with Crippen molar-refractivity contribution in [2.24, 2.45) is 0 Å². The van der Waals surface area contributed by atoms with Crippen molar-refractivity contribution in [3.05, 3.63) is 53.8 Å². The summed E-state index contributed by atoms with van der Waals surface area (Å²) in [6, 6.07) is 9.54. The fraction of sp³-hybridized carbons (Fsp3) is 0.167. The minimum atomic E-state index is -0.532. The van der Waals surface area contributed by atoms with Gasteiger partial charge in [-0.3, -0.25) is 4.57 Å². The molecule has 3 heterocycles. The lowest BCUT2D eigenvalue weighted by atomic mass is 10.1. The maximum absolute atomic E-state index is 14.0. The highest BCUT2D eigenvalue weighted by Gasteiger charge is 2.18. The van der Waals surface area contributed by atoms with Gasteiger partial charge in [-0.15, -0.1) is 10.2 Å². The van der Waals surface area contributed by atoms with Crippen LogP contribution in [0, 0.1) is 17.1 Å². The summed E-state index contributed by atoms with van der Waals surface area (Å²) in [5.74, 6) is 1.51. The summed E-state index contributed by atoms with van der Waals surface area (Å²) in [5, 5.41) is 21.9. The molecular formula is C18H13FN6O2S. The number of halogens is 1. The topological polar surface area (TPSA) is 107 Å². The number of rotatable bonds is 6. The lowest BCUT2D eigenvalue weighted by Crippen LogP contribution is -1.99. The average molecular weight is 396 g/mol. The number of furan rings is 1. The van der Waals surface area contributed by atoms with Crippen LogP contribution in [-0.2, 0) is 12.3 Å². The van der Waals surface area contributed by atoms with E-state index in [1.54, 1.807) is 12.3 Å². The smallest absolute Gasteiger partial charge is 0.260 e. The number of thioether (sulfide) groups is 1. The average Bonchev–Trinajstić information content (AvgIpc) is 3.46.